The number of rotatable bonds is 8. The lowest BCUT2D eigenvalue weighted by atomic mass is 10.0. The molecule has 0 bridgehead atoms. The summed E-state index contributed by atoms with van der Waals surface area (Å²) in [6.07, 6.45) is 5.62. The van der Waals surface area contributed by atoms with Crippen LogP contribution in [0.4, 0.5) is 0 Å². The van der Waals surface area contributed by atoms with Crippen LogP contribution in [0.25, 0.3) is 0 Å². The highest BCUT2D eigenvalue weighted by Crippen LogP contribution is 2.28. The van der Waals surface area contributed by atoms with Gasteiger partial charge in [0.15, 0.2) is 0 Å². The first-order valence-corrected chi connectivity index (χ1v) is 10.0. The van der Waals surface area contributed by atoms with Gasteiger partial charge in [-0.3, -0.25) is 4.79 Å². The van der Waals surface area contributed by atoms with E-state index in [2.05, 4.69) is 5.32 Å². The molecule has 1 aliphatic heterocycles. The number of carbonyl (C=O) groups excluding carboxylic acids is 1. The number of thioether (sulfide) groups is 1. The molecule has 24 heavy (non-hydrogen) atoms. The number of hydrogen-bond donors (Lipinski definition) is 1. The highest BCUT2D eigenvalue weighted by molar-refractivity contribution is 7.99. The molecular formula is C19H28N2O2S. The fourth-order valence-corrected chi connectivity index (χ4v) is 3.92. The van der Waals surface area contributed by atoms with Crippen molar-refractivity contribution < 1.29 is 9.53 Å². The summed E-state index contributed by atoms with van der Waals surface area (Å²) in [5, 5.41) is 3.66. The molecule has 0 unspecified atom stereocenters. The fraction of sp³-hybridized carbons (Fsp3) is 0.632. The molecule has 5 heteroatoms. The van der Waals surface area contributed by atoms with Crippen LogP contribution in [-0.4, -0.2) is 49.3 Å². The van der Waals surface area contributed by atoms with Crippen molar-refractivity contribution in [2.75, 3.05) is 32.5 Å². The molecule has 4 nitrogen and oxygen atoms in total. The molecule has 2 aliphatic rings. The third-order valence-corrected chi connectivity index (χ3v) is 5.90. The molecule has 0 aromatic heterocycles. The predicted octanol–water partition coefficient (Wildman–Crippen LogP) is 3.17. The molecular weight excluding hydrogens is 320 g/mol. The Hall–Kier alpha value is -1.20. The topological polar surface area (TPSA) is 41.6 Å². The SMILES string of the molecule is COc1ccc(SCCC(=O)N2CCC(NCC3CC3)CC2)cc1. The van der Waals surface area contributed by atoms with Crippen LogP contribution in [0.3, 0.4) is 0 Å². The molecule has 1 aromatic carbocycles. The molecule has 0 spiro atoms. The van der Waals surface area contributed by atoms with Crippen molar-refractivity contribution in [2.24, 2.45) is 5.92 Å². The zero-order valence-corrected chi connectivity index (χ0v) is 15.3. The van der Waals surface area contributed by atoms with Gasteiger partial charge in [0.05, 0.1) is 7.11 Å². The van der Waals surface area contributed by atoms with Crippen LogP contribution in [0.1, 0.15) is 32.1 Å². The van der Waals surface area contributed by atoms with Gasteiger partial charge < -0.3 is 15.0 Å². The second-order valence-electron chi connectivity index (χ2n) is 6.78. The van der Waals surface area contributed by atoms with E-state index in [0.29, 0.717) is 18.4 Å². The second-order valence-corrected chi connectivity index (χ2v) is 7.95. The number of carbonyl (C=O) groups is 1. The minimum atomic E-state index is 0.302. The highest BCUT2D eigenvalue weighted by Gasteiger charge is 2.25. The maximum atomic E-state index is 12.3. The van der Waals surface area contributed by atoms with Gasteiger partial charge in [-0.2, -0.15) is 0 Å². The van der Waals surface area contributed by atoms with E-state index in [0.717, 1.165) is 43.4 Å². The molecule has 132 valence electrons. The van der Waals surface area contributed by atoms with Crippen LogP contribution in [0.15, 0.2) is 29.2 Å². The minimum Gasteiger partial charge on any atom is -0.497 e. The lowest BCUT2D eigenvalue weighted by Crippen LogP contribution is -2.45. The zero-order chi connectivity index (χ0) is 16.8. The maximum absolute atomic E-state index is 12.3. The summed E-state index contributed by atoms with van der Waals surface area (Å²) >= 11 is 1.74. The maximum Gasteiger partial charge on any atom is 0.223 e. The fourth-order valence-electron chi connectivity index (χ4n) is 3.07. The number of methoxy groups -OCH3 is 1. The van der Waals surface area contributed by atoms with Gasteiger partial charge in [0.1, 0.15) is 5.75 Å². The van der Waals surface area contributed by atoms with Gasteiger partial charge in [-0.05, 0) is 62.4 Å². The molecule has 0 atom stereocenters. The third kappa shape index (κ3) is 5.42. The Kier molecular flexibility index (Phi) is 6.44. The molecule has 3 rings (SSSR count). The summed E-state index contributed by atoms with van der Waals surface area (Å²) < 4.78 is 5.16. The van der Waals surface area contributed by atoms with Crippen LogP contribution in [0.5, 0.6) is 5.75 Å². The van der Waals surface area contributed by atoms with Crippen LogP contribution in [0, 0.1) is 5.92 Å². The average Bonchev–Trinajstić information content (AvgIpc) is 3.45. The standard InChI is InChI=1S/C19H28N2O2S/c1-23-17-4-6-18(7-5-17)24-13-10-19(22)21-11-8-16(9-12-21)20-14-15-2-3-15/h4-7,15-16,20H,2-3,8-14H2,1H3. The van der Waals surface area contributed by atoms with Crippen LogP contribution >= 0.6 is 11.8 Å². The monoisotopic (exact) mass is 348 g/mol. The number of ether oxygens (including phenoxy) is 1. The summed E-state index contributed by atoms with van der Waals surface area (Å²) in [6, 6.07) is 8.63. The molecule has 1 aliphatic carbocycles. The van der Waals surface area contributed by atoms with E-state index in [4.69, 9.17) is 4.74 Å². The highest BCUT2D eigenvalue weighted by atomic mass is 32.2. The first kappa shape index (κ1) is 17.6. The van der Waals surface area contributed by atoms with Crippen LogP contribution in [-0.2, 0) is 4.79 Å². The summed E-state index contributed by atoms with van der Waals surface area (Å²) in [7, 11) is 1.67. The summed E-state index contributed by atoms with van der Waals surface area (Å²) in [6.45, 7) is 3.00. The Morgan fingerprint density at radius 2 is 1.92 bits per heavy atom. The largest absolute Gasteiger partial charge is 0.497 e. The van der Waals surface area contributed by atoms with Gasteiger partial charge in [-0.1, -0.05) is 0 Å². The van der Waals surface area contributed by atoms with Crippen molar-refractivity contribution in [1.82, 2.24) is 10.2 Å². The van der Waals surface area contributed by atoms with Gasteiger partial charge in [0, 0.05) is 36.2 Å². The number of amides is 1. The van der Waals surface area contributed by atoms with Crippen LogP contribution < -0.4 is 10.1 Å². The smallest absolute Gasteiger partial charge is 0.223 e. The Bertz CT molecular complexity index is 523. The van der Waals surface area contributed by atoms with E-state index in [-0.39, 0.29) is 0 Å². The summed E-state index contributed by atoms with van der Waals surface area (Å²) in [5.74, 6) is 2.94. The molecule has 1 amide bonds. The van der Waals surface area contributed by atoms with Crippen LogP contribution in [0.2, 0.25) is 0 Å². The van der Waals surface area contributed by atoms with Gasteiger partial charge in [-0.25, -0.2) is 0 Å². The lowest BCUT2D eigenvalue weighted by molar-refractivity contribution is -0.131. The molecule has 1 aromatic rings. The zero-order valence-electron chi connectivity index (χ0n) is 14.5. The number of likely N-dealkylation sites (tertiary alicyclic amines) is 1. The summed E-state index contributed by atoms with van der Waals surface area (Å²) in [5.41, 5.74) is 0. The Labute approximate surface area is 149 Å². The Morgan fingerprint density at radius 3 is 2.54 bits per heavy atom. The number of hydrogen-bond acceptors (Lipinski definition) is 4. The van der Waals surface area contributed by atoms with Crippen molar-refractivity contribution in [3.63, 3.8) is 0 Å². The Morgan fingerprint density at radius 1 is 1.21 bits per heavy atom. The van der Waals surface area contributed by atoms with Crippen molar-refractivity contribution in [3.8, 4) is 5.75 Å². The van der Waals surface area contributed by atoms with E-state index in [1.54, 1.807) is 18.9 Å². The molecule has 1 N–H and O–H groups in total. The molecule has 1 saturated carbocycles. The summed E-state index contributed by atoms with van der Waals surface area (Å²) in [4.78, 5) is 15.6. The van der Waals surface area contributed by atoms with Crippen molar-refractivity contribution in [3.05, 3.63) is 24.3 Å². The number of nitrogens with zero attached hydrogens (tertiary/aromatic N) is 1. The van der Waals surface area contributed by atoms with E-state index in [9.17, 15) is 4.79 Å². The number of benzene rings is 1. The van der Waals surface area contributed by atoms with Gasteiger partial charge in [0.25, 0.3) is 0 Å². The van der Waals surface area contributed by atoms with E-state index in [1.807, 2.05) is 29.2 Å². The molecule has 2 fully saturated rings. The minimum absolute atomic E-state index is 0.302. The molecule has 1 heterocycles. The first-order chi connectivity index (χ1) is 11.7. The number of piperidine rings is 1. The lowest BCUT2D eigenvalue weighted by Gasteiger charge is -2.32. The van der Waals surface area contributed by atoms with Crippen molar-refractivity contribution in [1.29, 1.82) is 0 Å². The number of nitrogens with one attached hydrogen (secondary N) is 1. The predicted molar refractivity (Wildman–Crippen MR) is 98.7 cm³/mol. The van der Waals surface area contributed by atoms with E-state index < -0.39 is 0 Å². The van der Waals surface area contributed by atoms with Gasteiger partial charge in [0.2, 0.25) is 5.91 Å². The first-order valence-electron chi connectivity index (χ1n) is 9.02. The van der Waals surface area contributed by atoms with E-state index in [1.165, 1.54) is 24.3 Å². The molecule has 0 radical (unpaired) electrons. The molecule has 1 saturated heterocycles. The average molecular weight is 349 g/mol. The van der Waals surface area contributed by atoms with E-state index >= 15 is 0 Å². The van der Waals surface area contributed by atoms with Crippen molar-refractivity contribution in [2.45, 2.75) is 43.0 Å². The quantitative estimate of drug-likeness (QED) is 0.733. The Balaban J connectivity index is 1.31. The van der Waals surface area contributed by atoms with Gasteiger partial charge in [-0.15, -0.1) is 11.8 Å². The van der Waals surface area contributed by atoms with Gasteiger partial charge >= 0.3 is 0 Å². The second kappa shape index (κ2) is 8.77. The third-order valence-electron chi connectivity index (χ3n) is 4.88. The normalized spacial score (nSPS) is 18.6. The van der Waals surface area contributed by atoms with Crippen molar-refractivity contribution >= 4 is 17.7 Å².